The Balaban J connectivity index is 2.83. The third kappa shape index (κ3) is 2.60. The molecule has 0 aliphatic carbocycles. The molecule has 0 radical (unpaired) electrons. The summed E-state index contributed by atoms with van der Waals surface area (Å²) in [6.45, 7) is 6.03. The maximum absolute atomic E-state index is 8.62. The third-order valence-corrected chi connectivity index (χ3v) is 1.94. The first-order valence-corrected chi connectivity index (χ1v) is 4.64. The van der Waals surface area contributed by atoms with E-state index in [0.717, 1.165) is 17.6 Å². The van der Waals surface area contributed by atoms with Crippen LogP contribution in [0, 0.1) is 11.3 Å². The van der Waals surface area contributed by atoms with Crippen LogP contribution in [0.4, 0.5) is 0 Å². The highest BCUT2D eigenvalue weighted by atomic mass is 14.2. The highest BCUT2D eigenvalue weighted by Crippen LogP contribution is 2.14. The molecule has 0 aliphatic rings. The van der Waals surface area contributed by atoms with E-state index in [2.05, 4.69) is 25.6 Å². The Kier molecular flexibility index (Phi) is 3.69. The lowest BCUT2D eigenvalue weighted by Crippen LogP contribution is -1.80. The van der Waals surface area contributed by atoms with Gasteiger partial charge in [0, 0.05) is 0 Å². The summed E-state index contributed by atoms with van der Waals surface area (Å²) in [4.78, 5) is 0. The van der Waals surface area contributed by atoms with Gasteiger partial charge < -0.3 is 0 Å². The first-order valence-electron chi connectivity index (χ1n) is 4.64. The number of nitriles is 1. The lowest BCUT2D eigenvalue weighted by molar-refractivity contribution is 1.23. The lowest BCUT2D eigenvalue weighted by Gasteiger charge is -1.99. The number of rotatable bonds is 3. The van der Waals surface area contributed by atoms with Gasteiger partial charge in [-0.3, -0.25) is 0 Å². The van der Waals surface area contributed by atoms with Crippen molar-refractivity contribution in [1.29, 1.82) is 5.26 Å². The summed E-state index contributed by atoms with van der Waals surface area (Å²) in [5, 5.41) is 8.62. The normalized spacial score (nSPS) is 10.0. The van der Waals surface area contributed by atoms with Crippen LogP contribution in [-0.2, 0) is 0 Å². The highest BCUT2D eigenvalue weighted by molar-refractivity contribution is 5.72. The fraction of sp³-hybridized carbons (Fsp3) is 0.154. The van der Waals surface area contributed by atoms with E-state index in [9.17, 15) is 0 Å². The Bertz CT molecular complexity index is 377. The van der Waals surface area contributed by atoms with Crippen molar-refractivity contribution in [2.24, 2.45) is 0 Å². The molecule has 0 aromatic heterocycles. The Labute approximate surface area is 85.0 Å². The molecule has 70 valence electrons. The van der Waals surface area contributed by atoms with Gasteiger partial charge in [-0.2, -0.15) is 5.26 Å². The van der Waals surface area contributed by atoms with Crippen LogP contribution in [0.15, 0.2) is 43.0 Å². The first-order chi connectivity index (χ1) is 6.77. The standard InChI is InChI=1S/C13H13N/c1-3-4-5-11(2)13-8-6-12(10-14)7-9-13/h4-9H,2-3H2,1H3. The molecule has 1 heteroatoms. The van der Waals surface area contributed by atoms with Crippen LogP contribution in [-0.4, -0.2) is 0 Å². The molecule has 1 nitrogen and oxygen atoms in total. The summed E-state index contributed by atoms with van der Waals surface area (Å²) in [5.41, 5.74) is 2.73. The molecule has 0 atom stereocenters. The predicted octanol–water partition coefficient (Wildman–Crippen LogP) is 3.54. The second kappa shape index (κ2) is 5.04. The average molecular weight is 183 g/mol. The van der Waals surface area contributed by atoms with Gasteiger partial charge in [0.05, 0.1) is 11.6 Å². The van der Waals surface area contributed by atoms with Gasteiger partial charge in [0.15, 0.2) is 0 Å². The number of benzene rings is 1. The topological polar surface area (TPSA) is 23.8 Å². The Morgan fingerprint density at radius 2 is 2.07 bits per heavy atom. The third-order valence-electron chi connectivity index (χ3n) is 1.94. The summed E-state index contributed by atoms with van der Waals surface area (Å²) in [6.07, 6.45) is 5.08. The zero-order valence-electron chi connectivity index (χ0n) is 8.33. The van der Waals surface area contributed by atoms with Crippen LogP contribution < -0.4 is 0 Å². The Hall–Kier alpha value is -1.81. The van der Waals surface area contributed by atoms with Crippen molar-refractivity contribution in [3.05, 3.63) is 54.1 Å². The summed E-state index contributed by atoms with van der Waals surface area (Å²) < 4.78 is 0. The predicted molar refractivity (Wildman–Crippen MR) is 59.6 cm³/mol. The molecule has 1 rings (SSSR count). The molecule has 0 saturated heterocycles. The van der Waals surface area contributed by atoms with Gasteiger partial charge >= 0.3 is 0 Å². The van der Waals surface area contributed by atoms with E-state index in [1.807, 2.05) is 18.2 Å². The molecule has 1 aromatic carbocycles. The van der Waals surface area contributed by atoms with Crippen molar-refractivity contribution in [2.75, 3.05) is 0 Å². The smallest absolute Gasteiger partial charge is 0.0991 e. The number of hydrogen-bond donors (Lipinski definition) is 0. The monoisotopic (exact) mass is 183 g/mol. The molecular formula is C13H13N. The van der Waals surface area contributed by atoms with Gasteiger partial charge in [-0.25, -0.2) is 0 Å². The Morgan fingerprint density at radius 1 is 1.43 bits per heavy atom. The molecule has 0 spiro atoms. The largest absolute Gasteiger partial charge is 0.192 e. The van der Waals surface area contributed by atoms with Crippen molar-refractivity contribution in [1.82, 2.24) is 0 Å². The molecule has 1 aromatic rings. The summed E-state index contributed by atoms with van der Waals surface area (Å²) in [7, 11) is 0. The highest BCUT2D eigenvalue weighted by Gasteiger charge is 1.94. The molecule has 0 amide bonds. The van der Waals surface area contributed by atoms with Crippen molar-refractivity contribution in [3.8, 4) is 6.07 Å². The van der Waals surface area contributed by atoms with Gasteiger partial charge in [0.1, 0.15) is 0 Å². The van der Waals surface area contributed by atoms with Crippen molar-refractivity contribution < 1.29 is 0 Å². The maximum atomic E-state index is 8.62. The van der Waals surface area contributed by atoms with Gasteiger partial charge in [-0.1, -0.05) is 37.8 Å². The van der Waals surface area contributed by atoms with E-state index in [-0.39, 0.29) is 0 Å². The minimum atomic E-state index is 0.682. The second-order valence-corrected chi connectivity index (χ2v) is 3.03. The average Bonchev–Trinajstić information content (AvgIpc) is 2.26. The van der Waals surface area contributed by atoms with E-state index in [1.165, 1.54) is 0 Å². The molecule has 0 N–H and O–H groups in total. The quantitative estimate of drug-likeness (QED) is 0.657. The molecule has 0 bridgehead atoms. The van der Waals surface area contributed by atoms with E-state index < -0.39 is 0 Å². The molecular weight excluding hydrogens is 170 g/mol. The van der Waals surface area contributed by atoms with Gasteiger partial charge in [-0.05, 0) is 29.7 Å². The van der Waals surface area contributed by atoms with Crippen LogP contribution >= 0.6 is 0 Å². The van der Waals surface area contributed by atoms with Gasteiger partial charge in [0.25, 0.3) is 0 Å². The second-order valence-electron chi connectivity index (χ2n) is 3.03. The first kappa shape index (κ1) is 10.3. The molecule has 0 fully saturated rings. The maximum Gasteiger partial charge on any atom is 0.0991 e. The van der Waals surface area contributed by atoms with Crippen LogP contribution in [0.1, 0.15) is 24.5 Å². The molecule has 0 saturated carbocycles. The van der Waals surface area contributed by atoms with E-state index in [0.29, 0.717) is 5.56 Å². The van der Waals surface area contributed by atoms with E-state index in [4.69, 9.17) is 5.26 Å². The van der Waals surface area contributed by atoms with Crippen LogP contribution in [0.25, 0.3) is 5.57 Å². The zero-order valence-corrected chi connectivity index (χ0v) is 8.33. The lowest BCUT2D eigenvalue weighted by atomic mass is 10.1. The van der Waals surface area contributed by atoms with E-state index >= 15 is 0 Å². The zero-order chi connectivity index (χ0) is 10.4. The number of hydrogen-bond acceptors (Lipinski definition) is 1. The summed E-state index contributed by atoms with van der Waals surface area (Å²) in [5.74, 6) is 0. The van der Waals surface area contributed by atoms with E-state index in [1.54, 1.807) is 12.1 Å². The van der Waals surface area contributed by atoms with Crippen LogP contribution in [0.5, 0.6) is 0 Å². The molecule has 0 unspecified atom stereocenters. The van der Waals surface area contributed by atoms with Crippen molar-refractivity contribution in [3.63, 3.8) is 0 Å². The molecule has 14 heavy (non-hydrogen) atoms. The van der Waals surface area contributed by atoms with Crippen molar-refractivity contribution >= 4 is 5.57 Å². The summed E-state index contributed by atoms with van der Waals surface area (Å²) >= 11 is 0. The molecule has 0 aliphatic heterocycles. The van der Waals surface area contributed by atoms with Gasteiger partial charge in [0.2, 0.25) is 0 Å². The number of allylic oxidation sites excluding steroid dienone is 3. The van der Waals surface area contributed by atoms with Crippen LogP contribution in [0.3, 0.4) is 0 Å². The Morgan fingerprint density at radius 3 is 2.57 bits per heavy atom. The summed E-state index contributed by atoms with van der Waals surface area (Å²) in [6, 6.07) is 9.54. The van der Waals surface area contributed by atoms with Gasteiger partial charge in [-0.15, -0.1) is 0 Å². The minimum absolute atomic E-state index is 0.682. The SMILES string of the molecule is C=C(C=CCC)c1ccc(C#N)cc1. The minimum Gasteiger partial charge on any atom is -0.192 e. The number of nitrogens with zero attached hydrogens (tertiary/aromatic N) is 1. The van der Waals surface area contributed by atoms with Crippen molar-refractivity contribution in [2.45, 2.75) is 13.3 Å². The fourth-order valence-corrected chi connectivity index (χ4v) is 1.12. The fourth-order valence-electron chi connectivity index (χ4n) is 1.12. The molecule has 0 heterocycles. The van der Waals surface area contributed by atoms with Crippen LogP contribution in [0.2, 0.25) is 0 Å².